The predicted octanol–water partition coefficient (Wildman–Crippen LogP) is 3.48. The average molecular weight is 420 g/mol. The van der Waals surface area contributed by atoms with Crippen LogP contribution in [-0.2, 0) is 14.3 Å². The van der Waals surface area contributed by atoms with Crippen LogP contribution < -0.4 is 15.8 Å². The van der Waals surface area contributed by atoms with Crippen LogP contribution in [0.2, 0.25) is 0 Å². The van der Waals surface area contributed by atoms with Crippen molar-refractivity contribution < 1.29 is 28.6 Å². The molecule has 1 aromatic carbocycles. The van der Waals surface area contributed by atoms with Crippen LogP contribution in [0.25, 0.3) is 0 Å². The van der Waals surface area contributed by atoms with Gasteiger partial charge in [0, 0.05) is 11.8 Å². The Morgan fingerprint density at radius 2 is 1.76 bits per heavy atom. The molecule has 0 saturated carbocycles. The molecule has 156 valence electrons. The predicted molar refractivity (Wildman–Crippen MR) is 110 cm³/mol. The van der Waals surface area contributed by atoms with E-state index in [1.54, 1.807) is 26.0 Å². The minimum Gasteiger partial charge on any atom is -0.491 e. The van der Waals surface area contributed by atoms with Crippen molar-refractivity contribution in [3.8, 4) is 5.75 Å². The van der Waals surface area contributed by atoms with Crippen molar-refractivity contribution in [3.05, 3.63) is 40.8 Å². The first-order chi connectivity index (χ1) is 14.0. The number of nitrogens with two attached hydrogens (primary N) is 1. The zero-order valence-electron chi connectivity index (χ0n) is 16.4. The number of nitrogens with one attached hydrogen (secondary N) is 1. The van der Waals surface area contributed by atoms with Crippen molar-refractivity contribution >= 4 is 39.9 Å². The van der Waals surface area contributed by atoms with Crippen LogP contribution in [0, 0.1) is 0 Å². The van der Waals surface area contributed by atoms with Gasteiger partial charge in [0.15, 0.2) is 0 Å². The van der Waals surface area contributed by atoms with Gasteiger partial charge in [-0.3, -0.25) is 4.79 Å². The lowest BCUT2D eigenvalue weighted by atomic mass is 10.2. The van der Waals surface area contributed by atoms with E-state index in [4.69, 9.17) is 19.9 Å². The minimum absolute atomic E-state index is 0.0111. The zero-order chi connectivity index (χ0) is 21.2. The van der Waals surface area contributed by atoms with Crippen molar-refractivity contribution in [2.45, 2.75) is 26.7 Å². The van der Waals surface area contributed by atoms with Crippen LogP contribution in [0.15, 0.2) is 29.6 Å². The second-order valence-corrected chi connectivity index (χ2v) is 6.71. The number of hydrogen-bond donors (Lipinski definition) is 2. The molecule has 29 heavy (non-hydrogen) atoms. The molecule has 0 aliphatic heterocycles. The van der Waals surface area contributed by atoms with Crippen LogP contribution in [0.1, 0.15) is 47.4 Å². The number of hydrogen-bond acceptors (Lipinski definition) is 8. The van der Waals surface area contributed by atoms with Crippen LogP contribution in [-0.4, -0.2) is 37.7 Å². The fourth-order valence-electron chi connectivity index (χ4n) is 2.43. The van der Waals surface area contributed by atoms with Gasteiger partial charge in [0.25, 0.3) is 0 Å². The topological polar surface area (TPSA) is 117 Å². The summed E-state index contributed by atoms with van der Waals surface area (Å²) in [6.07, 6.45) is 0.618. The van der Waals surface area contributed by atoms with Crippen molar-refractivity contribution in [2.24, 2.45) is 0 Å². The monoisotopic (exact) mass is 420 g/mol. The Morgan fingerprint density at radius 1 is 1.07 bits per heavy atom. The van der Waals surface area contributed by atoms with E-state index in [0.717, 1.165) is 11.3 Å². The molecule has 1 amide bonds. The Labute approximate surface area is 172 Å². The van der Waals surface area contributed by atoms with Gasteiger partial charge in [-0.15, -0.1) is 11.3 Å². The second kappa shape index (κ2) is 11.1. The molecule has 0 radical (unpaired) electrons. The summed E-state index contributed by atoms with van der Waals surface area (Å²) in [6, 6.07) is 7.11. The third-order valence-corrected chi connectivity index (χ3v) is 4.64. The van der Waals surface area contributed by atoms with Gasteiger partial charge in [-0.05, 0) is 32.4 Å². The number of esters is 2. The maximum absolute atomic E-state index is 12.3. The molecule has 3 N–H and O–H groups in total. The van der Waals surface area contributed by atoms with Gasteiger partial charge < -0.3 is 25.3 Å². The molecular weight excluding hydrogens is 396 g/mol. The standard InChI is InChI=1S/C20H24N2O6S/c1-3-26-19(24)13-12-29-18(17(13)20(25)27-4-2)22-16(23)10-7-11-28-15-9-6-5-8-14(15)21/h5-6,8-9,12H,3-4,7,10-11,21H2,1-2H3,(H,22,23). The van der Waals surface area contributed by atoms with Gasteiger partial charge in [0.2, 0.25) is 5.91 Å². The van der Waals surface area contributed by atoms with Gasteiger partial charge in [-0.25, -0.2) is 9.59 Å². The molecule has 0 saturated heterocycles. The number of benzene rings is 1. The summed E-state index contributed by atoms with van der Waals surface area (Å²) < 4.78 is 15.5. The molecule has 2 rings (SSSR count). The molecule has 8 nitrogen and oxygen atoms in total. The van der Waals surface area contributed by atoms with E-state index >= 15 is 0 Å². The lowest BCUT2D eigenvalue weighted by Crippen LogP contribution is -2.17. The molecule has 9 heteroatoms. The summed E-state index contributed by atoms with van der Waals surface area (Å²) in [5, 5.41) is 4.40. The van der Waals surface area contributed by atoms with E-state index < -0.39 is 11.9 Å². The zero-order valence-corrected chi connectivity index (χ0v) is 17.2. The second-order valence-electron chi connectivity index (χ2n) is 5.83. The first-order valence-corrected chi connectivity index (χ1v) is 10.1. The highest BCUT2D eigenvalue weighted by Crippen LogP contribution is 2.30. The highest BCUT2D eigenvalue weighted by molar-refractivity contribution is 7.15. The van der Waals surface area contributed by atoms with E-state index in [9.17, 15) is 14.4 Å². The number of nitrogen functional groups attached to an aromatic ring is 1. The van der Waals surface area contributed by atoms with E-state index in [1.807, 2.05) is 12.1 Å². The molecule has 0 aliphatic carbocycles. The maximum atomic E-state index is 12.3. The Bertz CT molecular complexity index is 864. The lowest BCUT2D eigenvalue weighted by Gasteiger charge is -2.09. The summed E-state index contributed by atoms with van der Waals surface area (Å²) in [7, 11) is 0. The number of thiophene rings is 1. The van der Waals surface area contributed by atoms with Crippen LogP contribution in [0.4, 0.5) is 10.7 Å². The summed E-state index contributed by atoms with van der Waals surface area (Å²) >= 11 is 1.07. The van der Waals surface area contributed by atoms with Gasteiger partial charge in [0.1, 0.15) is 16.3 Å². The average Bonchev–Trinajstić information content (AvgIpc) is 3.10. The normalized spacial score (nSPS) is 10.3. The van der Waals surface area contributed by atoms with Crippen LogP contribution in [0.5, 0.6) is 5.75 Å². The summed E-state index contributed by atoms with van der Waals surface area (Å²) in [5.41, 5.74) is 6.42. The summed E-state index contributed by atoms with van der Waals surface area (Å²) in [5.74, 6) is -1.07. The molecule has 0 unspecified atom stereocenters. The van der Waals surface area contributed by atoms with Crippen molar-refractivity contribution in [2.75, 3.05) is 30.9 Å². The first kappa shape index (κ1) is 22.2. The molecule has 1 heterocycles. The number of carbonyl (C=O) groups excluding carboxylic acids is 3. The molecule has 0 bridgehead atoms. The van der Waals surface area contributed by atoms with Gasteiger partial charge in [-0.1, -0.05) is 12.1 Å². The van der Waals surface area contributed by atoms with E-state index in [0.29, 0.717) is 24.5 Å². The van der Waals surface area contributed by atoms with E-state index in [-0.39, 0.29) is 41.7 Å². The largest absolute Gasteiger partial charge is 0.491 e. The van der Waals surface area contributed by atoms with Gasteiger partial charge in [0.05, 0.1) is 31.1 Å². The van der Waals surface area contributed by atoms with Crippen LogP contribution in [0.3, 0.4) is 0 Å². The number of rotatable bonds is 10. The molecule has 1 aromatic heterocycles. The number of carbonyl (C=O) groups is 3. The van der Waals surface area contributed by atoms with Gasteiger partial charge >= 0.3 is 11.9 Å². The van der Waals surface area contributed by atoms with E-state index in [2.05, 4.69) is 5.32 Å². The van der Waals surface area contributed by atoms with Crippen molar-refractivity contribution in [1.82, 2.24) is 0 Å². The minimum atomic E-state index is -0.685. The number of ether oxygens (including phenoxy) is 3. The lowest BCUT2D eigenvalue weighted by molar-refractivity contribution is -0.116. The molecule has 2 aromatic rings. The molecule has 0 atom stereocenters. The quantitative estimate of drug-likeness (QED) is 0.343. The Kier molecular flexibility index (Phi) is 8.47. The van der Waals surface area contributed by atoms with E-state index in [1.165, 1.54) is 5.38 Å². The van der Waals surface area contributed by atoms with Crippen LogP contribution >= 0.6 is 11.3 Å². The SMILES string of the molecule is CCOC(=O)c1csc(NC(=O)CCCOc2ccccc2N)c1C(=O)OCC. The van der Waals surface area contributed by atoms with Crippen molar-refractivity contribution in [3.63, 3.8) is 0 Å². The molecule has 0 spiro atoms. The Morgan fingerprint density at radius 3 is 2.45 bits per heavy atom. The number of amides is 1. The highest BCUT2D eigenvalue weighted by atomic mass is 32.1. The molecule has 0 aliphatic rings. The van der Waals surface area contributed by atoms with Crippen molar-refractivity contribution in [1.29, 1.82) is 0 Å². The number of para-hydroxylation sites is 2. The third kappa shape index (κ3) is 6.21. The maximum Gasteiger partial charge on any atom is 0.342 e. The Hall–Kier alpha value is -3.07. The molecule has 0 fully saturated rings. The molecular formula is C20H24N2O6S. The van der Waals surface area contributed by atoms with Gasteiger partial charge in [-0.2, -0.15) is 0 Å². The fraction of sp³-hybridized carbons (Fsp3) is 0.350. The first-order valence-electron chi connectivity index (χ1n) is 9.20. The summed E-state index contributed by atoms with van der Waals surface area (Å²) in [6.45, 7) is 3.95. The summed E-state index contributed by atoms with van der Waals surface area (Å²) in [4.78, 5) is 36.6. The smallest absolute Gasteiger partial charge is 0.342 e. The number of anilines is 2. The fourth-order valence-corrected chi connectivity index (χ4v) is 3.36. The highest BCUT2D eigenvalue weighted by Gasteiger charge is 2.26. The Balaban J connectivity index is 1.97. The third-order valence-electron chi connectivity index (χ3n) is 3.74.